The molecule has 1 aliphatic carbocycles. The molecule has 0 radical (unpaired) electrons. The number of anilines is 1. The maximum Gasteiger partial charge on any atom is 0.275 e. The van der Waals surface area contributed by atoms with E-state index in [2.05, 4.69) is 15.5 Å². The Morgan fingerprint density at radius 2 is 1.83 bits per heavy atom. The number of halogens is 2. The molecular weight excluding hydrogens is 367 g/mol. The lowest BCUT2D eigenvalue weighted by Gasteiger charge is -2.33. The third-order valence-electron chi connectivity index (χ3n) is 4.22. The van der Waals surface area contributed by atoms with Crippen molar-refractivity contribution in [1.82, 2.24) is 10.2 Å². The minimum Gasteiger partial charge on any atom is -0.348 e. The Morgan fingerprint density at radius 3 is 2.42 bits per heavy atom. The van der Waals surface area contributed by atoms with Crippen LogP contribution in [0.2, 0.25) is 10.0 Å². The second-order valence-electron chi connectivity index (χ2n) is 6.34. The molecule has 1 aliphatic heterocycles. The molecule has 0 aromatic heterocycles. The average Bonchev–Trinajstić information content (AvgIpc) is 3.30. The van der Waals surface area contributed by atoms with E-state index < -0.39 is 0 Å². The van der Waals surface area contributed by atoms with Gasteiger partial charge in [0.15, 0.2) is 11.7 Å². The molecule has 0 bridgehead atoms. The molecule has 0 unspecified atom stereocenters. The third-order valence-corrected chi connectivity index (χ3v) is 5.02. The van der Waals surface area contributed by atoms with Crippen molar-refractivity contribution in [1.29, 1.82) is 0 Å². The number of carbonyl (C=O) groups is 1. The zero-order valence-corrected chi connectivity index (χ0v) is 15.6. The number of quaternary nitrogens is 1. The van der Waals surface area contributed by atoms with Crippen molar-refractivity contribution >= 4 is 52.1 Å². The SMILES string of the molecule is O=C(C[NH+]1CCN(C(=S)Nc2cc(Cl)cc(Cl)c2)CC1)NC1CC1. The summed E-state index contributed by atoms with van der Waals surface area (Å²) in [6.45, 7) is 4.00. The predicted molar refractivity (Wildman–Crippen MR) is 101 cm³/mol. The van der Waals surface area contributed by atoms with E-state index in [1.807, 2.05) is 0 Å². The van der Waals surface area contributed by atoms with Crippen LogP contribution in [-0.2, 0) is 4.79 Å². The van der Waals surface area contributed by atoms with Gasteiger partial charge in [-0.15, -0.1) is 0 Å². The van der Waals surface area contributed by atoms with Crippen LogP contribution in [0, 0.1) is 0 Å². The largest absolute Gasteiger partial charge is 0.348 e. The Morgan fingerprint density at radius 1 is 1.21 bits per heavy atom. The van der Waals surface area contributed by atoms with E-state index in [4.69, 9.17) is 35.4 Å². The molecule has 1 aromatic rings. The highest BCUT2D eigenvalue weighted by Crippen LogP contribution is 2.22. The summed E-state index contributed by atoms with van der Waals surface area (Å²) < 4.78 is 0. The van der Waals surface area contributed by atoms with Crippen LogP contribution in [0.4, 0.5) is 5.69 Å². The number of amides is 1. The van der Waals surface area contributed by atoms with Crippen LogP contribution in [0.25, 0.3) is 0 Å². The first-order chi connectivity index (χ1) is 11.5. The van der Waals surface area contributed by atoms with Gasteiger partial charge in [0.05, 0.1) is 26.2 Å². The van der Waals surface area contributed by atoms with E-state index in [1.165, 1.54) is 4.90 Å². The Kier molecular flexibility index (Phi) is 5.81. The Hall–Kier alpha value is -1.08. The topological polar surface area (TPSA) is 48.8 Å². The zero-order chi connectivity index (χ0) is 17.1. The third kappa shape index (κ3) is 5.21. The van der Waals surface area contributed by atoms with Gasteiger partial charge in [0.25, 0.3) is 5.91 Å². The molecule has 0 spiro atoms. The Bertz CT molecular complexity index is 610. The van der Waals surface area contributed by atoms with E-state index in [0.29, 0.717) is 27.7 Å². The fourth-order valence-corrected chi connectivity index (χ4v) is 3.59. The molecule has 1 saturated heterocycles. The summed E-state index contributed by atoms with van der Waals surface area (Å²) in [5.41, 5.74) is 0.788. The van der Waals surface area contributed by atoms with Crippen LogP contribution in [0.5, 0.6) is 0 Å². The van der Waals surface area contributed by atoms with Crippen molar-refractivity contribution in [2.75, 3.05) is 38.0 Å². The summed E-state index contributed by atoms with van der Waals surface area (Å²) in [5, 5.41) is 8.03. The van der Waals surface area contributed by atoms with E-state index in [9.17, 15) is 4.79 Å². The summed E-state index contributed by atoms with van der Waals surface area (Å²) in [5.74, 6) is 0.162. The molecule has 1 amide bonds. The van der Waals surface area contributed by atoms with E-state index in [0.717, 1.165) is 44.7 Å². The van der Waals surface area contributed by atoms with E-state index in [1.54, 1.807) is 18.2 Å². The smallest absolute Gasteiger partial charge is 0.275 e. The number of nitrogens with zero attached hydrogens (tertiary/aromatic N) is 1. The van der Waals surface area contributed by atoms with Gasteiger partial charge in [0.2, 0.25) is 0 Å². The lowest BCUT2D eigenvalue weighted by molar-refractivity contribution is -0.895. The molecule has 0 atom stereocenters. The first kappa shape index (κ1) is 17.7. The molecule has 1 heterocycles. The summed E-state index contributed by atoms with van der Waals surface area (Å²) in [4.78, 5) is 15.3. The van der Waals surface area contributed by atoms with Crippen LogP contribution in [0.15, 0.2) is 18.2 Å². The van der Waals surface area contributed by atoms with Crippen molar-refractivity contribution < 1.29 is 9.69 Å². The molecule has 5 nitrogen and oxygen atoms in total. The van der Waals surface area contributed by atoms with E-state index >= 15 is 0 Å². The lowest BCUT2D eigenvalue weighted by Crippen LogP contribution is -3.15. The molecule has 1 saturated carbocycles. The number of rotatable bonds is 4. The molecule has 2 fully saturated rings. The molecular formula is C16H21Cl2N4OS+. The second kappa shape index (κ2) is 7.87. The number of benzene rings is 1. The highest BCUT2D eigenvalue weighted by atomic mass is 35.5. The average molecular weight is 388 g/mol. The van der Waals surface area contributed by atoms with E-state index in [-0.39, 0.29) is 5.91 Å². The number of piperazine rings is 1. The van der Waals surface area contributed by atoms with Crippen LogP contribution in [0.1, 0.15) is 12.8 Å². The van der Waals surface area contributed by atoms with Gasteiger partial charge in [-0.1, -0.05) is 23.2 Å². The maximum absolute atomic E-state index is 11.9. The molecule has 3 rings (SSSR count). The molecule has 24 heavy (non-hydrogen) atoms. The molecule has 2 aliphatic rings. The van der Waals surface area contributed by atoms with Crippen molar-refractivity contribution in [3.63, 3.8) is 0 Å². The van der Waals surface area contributed by atoms with Crippen LogP contribution in [-0.4, -0.2) is 54.7 Å². The first-order valence-corrected chi connectivity index (χ1v) is 9.31. The van der Waals surface area contributed by atoms with Crippen molar-refractivity contribution in [2.45, 2.75) is 18.9 Å². The van der Waals surface area contributed by atoms with Gasteiger partial charge in [-0.05, 0) is 43.3 Å². The molecule has 3 N–H and O–H groups in total. The zero-order valence-electron chi connectivity index (χ0n) is 13.3. The number of nitrogens with one attached hydrogen (secondary N) is 3. The minimum atomic E-state index is 0.162. The summed E-state index contributed by atoms with van der Waals surface area (Å²) in [6.07, 6.45) is 2.25. The van der Waals surface area contributed by atoms with Crippen molar-refractivity contribution in [3.05, 3.63) is 28.2 Å². The fraction of sp³-hybridized carbons (Fsp3) is 0.500. The fourth-order valence-electron chi connectivity index (χ4n) is 2.76. The molecule has 1 aromatic carbocycles. The van der Waals surface area contributed by atoms with Gasteiger partial charge in [0.1, 0.15) is 0 Å². The number of hydrogen-bond donors (Lipinski definition) is 3. The van der Waals surface area contributed by atoms with Crippen LogP contribution < -0.4 is 15.5 Å². The Labute approximate surface area is 157 Å². The minimum absolute atomic E-state index is 0.162. The lowest BCUT2D eigenvalue weighted by atomic mass is 10.3. The standard InChI is InChI=1S/C16H20Cl2N4OS/c17-11-7-12(18)9-14(8-11)20-16(24)22-5-3-21(4-6-22)10-15(23)19-13-1-2-13/h7-9,13H,1-6,10H2,(H,19,23)(H,20,24)/p+1. The van der Waals surface area contributed by atoms with Gasteiger partial charge in [-0.2, -0.15) is 0 Å². The highest BCUT2D eigenvalue weighted by Gasteiger charge is 2.27. The summed E-state index contributed by atoms with van der Waals surface area (Å²) in [7, 11) is 0. The van der Waals surface area contributed by atoms with Gasteiger partial charge in [-0.25, -0.2) is 0 Å². The predicted octanol–water partition coefficient (Wildman–Crippen LogP) is 1.17. The maximum atomic E-state index is 11.9. The summed E-state index contributed by atoms with van der Waals surface area (Å²) >= 11 is 17.5. The second-order valence-corrected chi connectivity index (χ2v) is 7.60. The quantitative estimate of drug-likeness (QED) is 0.678. The molecule has 8 heteroatoms. The number of thiocarbonyl (C=S) groups is 1. The Balaban J connectivity index is 1.45. The van der Waals surface area contributed by atoms with Crippen molar-refractivity contribution in [2.24, 2.45) is 0 Å². The molecule has 130 valence electrons. The normalized spacial score (nSPS) is 18.3. The van der Waals surface area contributed by atoms with Crippen LogP contribution in [0.3, 0.4) is 0 Å². The monoisotopic (exact) mass is 387 g/mol. The van der Waals surface area contributed by atoms with Gasteiger partial charge < -0.3 is 20.4 Å². The number of carbonyl (C=O) groups excluding carboxylic acids is 1. The van der Waals surface area contributed by atoms with Crippen LogP contribution >= 0.6 is 35.4 Å². The highest BCUT2D eigenvalue weighted by molar-refractivity contribution is 7.80. The summed E-state index contributed by atoms with van der Waals surface area (Å²) in [6, 6.07) is 5.71. The van der Waals surface area contributed by atoms with Gasteiger partial charge in [-0.3, -0.25) is 4.79 Å². The first-order valence-electron chi connectivity index (χ1n) is 8.14. The number of hydrogen-bond acceptors (Lipinski definition) is 2. The van der Waals surface area contributed by atoms with Crippen molar-refractivity contribution in [3.8, 4) is 0 Å². The van der Waals surface area contributed by atoms with Gasteiger partial charge in [0, 0.05) is 21.8 Å². The van der Waals surface area contributed by atoms with Gasteiger partial charge >= 0.3 is 0 Å².